The van der Waals surface area contributed by atoms with Crippen molar-refractivity contribution in [2.75, 3.05) is 6.61 Å². The van der Waals surface area contributed by atoms with Crippen LogP contribution >= 0.6 is 11.3 Å². The summed E-state index contributed by atoms with van der Waals surface area (Å²) in [4.78, 5) is 17.1. The number of nitrogens with one attached hydrogen (secondary N) is 1. The van der Waals surface area contributed by atoms with Crippen molar-refractivity contribution in [2.24, 2.45) is 5.92 Å². The van der Waals surface area contributed by atoms with Crippen molar-refractivity contribution in [3.05, 3.63) is 16.1 Å². The van der Waals surface area contributed by atoms with Gasteiger partial charge in [-0.2, -0.15) is 0 Å². The van der Waals surface area contributed by atoms with E-state index < -0.39 is 0 Å². The van der Waals surface area contributed by atoms with E-state index in [0.717, 1.165) is 37.1 Å². The first-order chi connectivity index (χ1) is 9.24. The van der Waals surface area contributed by atoms with Gasteiger partial charge in [-0.05, 0) is 19.3 Å². The lowest BCUT2D eigenvalue weighted by Gasteiger charge is -2.24. The number of rotatable bonds is 4. The first kappa shape index (κ1) is 14.5. The maximum absolute atomic E-state index is 12.2. The Kier molecular flexibility index (Phi) is 5.34. The highest BCUT2D eigenvalue weighted by molar-refractivity contribution is 7.13. The minimum Gasteiger partial charge on any atom is -0.396 e. The number of nitrogens with zero attached hydrogens (tertiary/aromatic N) is 1. The minimum atomic E-state index is -0.0393. The first-order valence-corrected chi connectivity index (χ1v) is 7.92. The van der Waals surface area contributed by atoms with Crippen molar-refractivity contribution in [2.45, 2.75) is 51.5 Å². The summed E-state index contributed by atoms with van der Waals surface area (Å²) >= 11 is 1.46. The summed E-state index contributed by atoms with van der Waals surface area (Å²) in [6.45, 7) is 2.20. The van der Waals surface area contributed by atoms with Gasteiger partial charge in [0, 0.05) is 18.6 Å². The van der Waals surface area contributed by atoms with Gasteiger partial charge in [-0.25, -0.2) is 4.98 Å². The molecule has 0 bridgehead atoms. The first-order valence-electron chi connectivity index (χ1n) is 7.11. The molecule has 2 rings (SSSR count). The van der Waals surface area contributed by atoms with Crippen LogP contribution in [0.5, 0.6) is 0 Å². The van der Waals surface area contributed by atoms with E-state index in [1.165, 1.54) is 17.8 Å². The molecule has 1 aliphatic carbocycles. The van der Waals surface area contributed by atoms with E-state index in [4.69, 9.17) is 0 Å². The van der Waals surface area contributed by atoms with Crippen molar-refractivity contribution < 1.29 is 9.90 Å². The molecule has 0 spiro atoms. The van der Waals surface area contributed by atoms with Gasteiger partial charge >= 0.3 is 0 Å². The molecule has 19 heavy (non-hydrogen) atoms. The summed E-state index contributed by atoms with van der Waals surface area (Å²) < 4.78 is 0. The van der Waals surface area contributed by atoms with Gasteiger partial charge in [-0.15, -0.1) is 11.3 Å². The van der Waals surface area contributed by atoms with Crippen LogP contribution in [0.4, 0.5) is 0 Å². The second kappa shape index (κ2) is 7.01. The van der Waals surface area contributed by atoms with E-state index in [1.54, 1.807) is 6.20 Å². The number of carbonyl (C=O) groups is 1. The lowest BCUT2D eigenvalue weighted by molar-refractivity contribution is 0.0903. The van der Waals surface area contributed by atoms with Crippen molar-refractivity contribution in [1.82, 2.24) is 10.3 Å². The standard InChI is InChI=1S/C14H22N2O2S/c1-2-13-15-8-12(19-13)14(18)16-11-7-5-3-4-6-10(11)9-17/h8,10-11,17H,2-7,9H2,1H3,(H,16,18). The molecule has 106 valence electrons. The Labute approximate surface area is 118 Å². The SMILES string of the molecule is CCc1ncc(C(=O)NC2CCCCCC2CO)s1. The van der Waals surface area contributed by atoms with Crippen LogP contribution in [0.15, 0.2) is 6.20 Å². The Morgan fingerprint density at radius 2 is 2.26 bits per heavy atom. The van der Waals surface area contributed by atoms with Crippen molar-refractivity contribution in [3.8, 4) is 0 Å². The normalized spacial score (nSPS) is 23.9. The Hall–Kier alpha value is -0.940. The average molecular weight is 282 g/mol. The number of aromatic nitrogens is 1. The molecular formula is C14H22N2O2S. The van der Waals surface area contributed by atoms with Gasteiger partial charge < -0.3 is 10.4 Å². The Bertz CT molecular complexity index is 419. The topological polar surface area (TPSA) is 62.2 Å². The molecule has 2 unspecified atom stereocenters. The summed E-state index contributed by atoms with van der Waals surface area (Å²) in [6, 6.07) is 0.104. The highest BCUT2D eigenvalue weighted by Gasteiger charge is 2.25. The third-order valence-corrected chi connectivity index (χ3v) is 4.93. The molecule has 4 nitrogen and oxygen atoms in total. The molecule has 1 fully saturated rings. The van der Waals surface area contributed by atoms with Crippen LogP contribution in [0.3, 0.4) is 0 Å². The number of aliphatic hydroxyl groups is 1. The number of aliphatic hydroxyl groups excluding tert-OH is 1. The average Bonchev–Trinajstić information content (AvgIpc) is 2.80. The molecule has 1 amide bonds. The zero-order valence-corrected chi connectivity index (χ0v) is 12.2. The van der Waals surface area contributed by atoms with Crippen LogP contribution in [0, 0.1) is 5.92 Å². The highest BCUT2D eigenvalue weighted by Crippen LogP contribution is 2.24. The second-order valence-electron chi connectivity index (χ2n) is 5.13. The van der Waals surface area contributed by atoms with E-state index in [0.29, 0.717) is 4.88 Å². The predicted molar refractivity (Wildman–Crippen MR) is 76.4 cm³/mol. The maximum atomic E-state index is 12.2. The fourth-order valence-electron chi connectivity index (χ4n) is 2.61. The smallest absolute Gasteiger partial charge is 0.263 e. The molecule has 2 N–H and O–H groups in total. The molecule has 1 aliphatic rings. The van der Waals surface area contributed by atoms with Crippen molar-refractivity contribution in [3.63, 3.8) is 0 Å². The number of carbonyl (C=O) groups excluding carboxylic acids is 1. The fourth-order valence-corrected chi connectivity index (χ4v) is 3.37. The van der Waals surface area contributed by atoms with Crippen LogP contribution < -0.4 is 5.32 Å². The zero-order chi connectivity index (χ0) is 13.7. The number of thiazole rings is 1. The molecule has 0 aliphatic heterocycles. The number of aryl methyl sites for hydroxylation is 1. The van der Waals surface area contributed by atoms with Crippen molar-refractivity contribution in [1.29, 1.82) is 0 Å². The third-order valence-electron chi connectivity index (χ3n) is 3.79. The predicted octanol–water partition coefficient (Wildman–Crippen LogP) is 2.38. The molecule has 1 aromatic heterocycles. The lowest BCUT2D eigenvalue weighted by atomic mass is 9.95. The number of hydrogen-bond acceptors (Lipinski definition) is 4. The summed E-state index contributed by atoms with van der Waals surface area (Å²) in [5.74, 6) is 0.160. The van der Waals surface area contributed by atoms with Gasteiger partial charge in [0.05, 0.1) is 11.2 Å². The molecule has 5 heteroatoms. The molecular weight excluding hydrogens is 260 g/mol. The van der Waals surface area contributed by atoms with Gasteiger partial charge in [0.2, 0.25) is 0 Å². The highest BCUT2D eigenvalue weighted by atomic mass is 32.1. The van der Waals surface area contributed by atoms with Crippen molar-refractivity contribution >= 4 is 17.2 Å². The van der Waals surface area contributed by atoms with Gasteiger partial charge in [0.25, 0.3) is 5.91 Å². The fraction of sp³-hybridized carbons (Fsp3) is 0.714. The summed E-state index contributed by atoms with van der Waals surface area (Å²) in [7, 11) is 0. The largest absolute Gasteiger partial charge is 0.396 e. The van der Waals surface area contributed by atoms with Crippen LogP contribution in [0.2, 0.25) is 0 Å². The minimum absolute atomic E-state index is 0.0393. The zero-order valence-electron chi connectivity index (χ0n) is 11.4. The quantitative estimate of drug-likeness (QED) is 0.833. The Morgan fingerprint density at radius 3 is 2.95 bits per heavy atom. The lowest BCUT2D eigenvalue weighted by Crippen LogP contribution is -2.40. The summed E-state index contributed by atoms with van der Waals surface area (Å²) in [5.41, 5.74) is 0. The van der Waals surface area contributed by atoms with E-state index in [9.17, 15) is 9.90 Å². The molecule has 2 atom stereocenters. The molecule has 0 aromatic carbocycles. The maximum Gasteiger partial charge on any atom is 0.263 e. The Morgan fingerprint density at radius 1 is 1.47 bits per heavy atom. The summed E-state index contributed by atoms with van der Waals surface area (Å²) in [5, 5.41) is 13.5. The van der Waals surface area contributed by atoms with Gasteiger partial charge in [0.1, 0.15) is 4.88 Å². The molecule has 0 saturated heterocycles. The second-order valence-corrected chi connectivity index (χ2v) is 6.25. The number of amides is 1. The summed E-state index contributed by atoms with van der Waals surface area (Å²) in [6.07, 6.45) is 7.97. The van der Waals surface area contributed by atoms with Crippen LogP contribution in [0.25, 0.3) is 0 Å². The van der Waals surface area contributed by atoms with Crippen LogP contribution in [-0.4, -0.2) is 28.6 Å². The Balaban J connectivity index is 1.99. The monoisotopic (exact) mass is 282 g/mol. The third kappa shape index (κ3) is 3.76. The molecule has 0 radical (unpaired) electrons. The van der Waals surface area contributed by atoms with E-state index in [1.807, 2.05) is 6.92 Å². The molecule has 1 heterocycles. The number of hydrogen-bond donors (Lipinski definition) is 2. The molecule has 1 aromatic rings. The van der Waals surface area contributed by atoms with Crippen LogP contribution in [-0.2, 0) is 6.42 Å². The van der Waals surface area contributed by atoms with E-state index in [2.05, 4.69) is 10.3 Å². The molecule has 1 saturated carbocycles. The van der Waals surface area contributed by atoms with E-state index in [-0.39, 0.29) is 24.5 Å². The van der Waals surface area contributed by atoms with Gasteiger partial charge in [-0.1, -0.05) is 26.2 Å². The van der Waals surface area contributed by atoms with Gasteiger partial charge in [-0.3, -0.25) is 4.79 Å². The van der Waals surface area contributed by atoms with Crippen LogP contribution in [0.1, 0.15) is 53.7 Å². The van der Waals surface area contributed by atoms with E-state index >= 15 is 0 Å². The van der Waals surface area contributed by atoms with Gasteiger partial charge in [0.15, 0.2) is 0 Å².